The van der Waals surface area contributed by atoms with Gasteiger partial charge >= 0.3 is 5.78 Å². The van der Waals surface area contributed by atoms with Gasteiger partial charge in [0.05, 0.1) is 0 Å². The van der Waals surface area contributed by atoms with E-state index in [-0.39, 0.29) is 5.78 Å². The van der Waals surface area contributed by atoms with Crippen molar-refractivity contribution in [1.29, 1.82) is 0 Å². The molecule has 2 aromatic heterocycles. The van der Waals surface area contributed by atoms with Crippen molar-refractivity contribution in [1.82, 2.24) is 0 Å². The summed E-state index contributed by atoms with van der Waals surface area (Å²) in [6.07, 6.45) is 0. The summed E-state index contributed by atoms with van der Waals surface area (Å²) in [5, 5.41) is 2.34. The minimum atomic E-state index is 0.103. The Balaban J connectivity index is 1.80. The van der Waals surface area contributed by atoms with E-state index < -0.39 is 0 Å². The van der Waals surface area contributed by atoms with Gasteiger partial charge in [0, 0.05) is 35.0 Å². The summed E-state index contributed by atoms with van der Waals surface area (Å²) in [6.45, 7) is 0. The van der Waals surface area contributed by atoms with Gasteiger partial charge in [-0.25, -0.2) is 0 Å². The van der Waals surface area contributed by atoms with Crippen LogP contribution in [-0.4, -0.2) is 5.78 Å². The van der Waals surface area contributed by atoms with Crippen molar-refractivity contribution in [2.75, 3.05) is 0 Å². The molecular weight excluding hydrogens is 308 g/mol. The lowest BCUT2D eigenvalue weighted by molar-refractivity contribution is 0.104. The maximum atomic E-state index is 12.8. The number of benzene rings is 2. The molecule has 4 aromatic rings. The van der Waals surface area contributed by atoms with Crippen LogP contribution in [0.3, 0.4) is 0 Å². The fraction of sp³-hybridized carbons (Fsp3) is 0. The van der Waals surface area contributed by atoms with E-state index in [0.29, 0.717) is 0 Å². The van der Waals surface area contributed by atoms with Gasteiger partial charge in [-0.15, -0.1) is 0 Å². The summed E-state index contributed by atoms with van der Waals surface area (Å²) < 4.78 is 2.28. The number of carbonyl (C=O) groups is 1. The van der Waals surface area contributed by atoms with Crippen LogP contribution in [0.15, 0.2) is 72.8 Å². The van der Waals surface area contributed by atoms with Crippen molar-refractivity contribution in [2.45, 2.75) is 0 Å². The largest absolute Gasteiger partial charge is 0.307 e. The van der Waals surface area contributed by atoms with E-state index in [9.17, 15) is 4.79 Å². The molecule has 0 bridgehead atoms. The molecule has 0 saturated heterocycles. The second-order valence-electron chi connectivity index (χ2n) is 5.00. The van der Waals surface area contributed by atoms with Crippen molar-refractivity contribution < 1.29 is 4.79 Å². The van der Waals surface area contributed by atoms with Crippen molar-refractivity contribution >= 4 is 48.6 Å². The first kappa shape index (κ1) is 13.4. The Bertz CT molecular complexity index is 927. The normalized spacial score (nSPS) is 10.9. The van der Waals surface area contributed by atoms with Gasteiger partial charge in [-0.05, 0) is 24.3 Å². The van der Waals surface area contributed by atoms with Gasteiger partial charge in [0.1, 0.15) is 0 Å². The molecule has 104 valence electrons. The van der Waals surface area contributed by atoms with E-state index >= 15 is 0 Å². The number of rotatable bonds is 2. The average Bonchev–Trinajstić information content (AvgIpc) is 2.60. The second kappa shape index (κ2) is 5.52. The Hall–Kier alpha value is -2.23. The molecule has 0 atom stereocenters. The van der Waals surface area contributed by atoms with Gasteiger partial charge in [0.2, 0.25) is 32.1 Å². The van der Waals surface area contributed by atoms with Gasteiger partial charge in [0.15, 0.2) is 0 Å². The lowest BCUT2D eigenvalue weighted by atomic mass is 10.2. The molecule has 0 aliphatic carbocycles. The molecular formula is C19H12OS2+2. The number of hydrogen-bond acceptors (Lipinski definition) is 1. The van der Waals surface area contributed by atoms with Crippen molar-refractivity contribution in [2.24, 2.45) is 0 Å². The van der Waals surface area contributed by atoms with Crippen LogP contribution in [0.4, 0.5) is 0 Å². The number of ketones is 1. The first-order valence-electron chi connectivity index (χ1n) is 7.00. The molecule has 0 radical (unpaired) electrons. The molecule has 0 fully saturated rings. The molecule has 22 heavy (non-hydrogen) atoms. The van der Waals surface area contributed by atoms with E-state index in [1.165, 1.54) is 10.8 Å². The topological polar surface area (TPSA) is 17.1 Å². The molecule has 4 rings (SSSR count). The van der Waals surface area contributed by atoms with Crippen LogP contribution < -0.4 is 0 Å². The van der Waals surface area contributed by atoms with Crippen LogP contribution >= 0.6 is 22.7 Å². The summed E-state index contributed by atoms with van der Waals surface area (Å²) in [6, 6.07) is 24.2. The van der Waals surface area contributed by atoms with Gasteiger partial charge < -0.3 is 0 Å². The monoisotopic (exact) mass is 320 g/mol. The van der Waals surface area contributed by atoms with Crippen LogP contribution in [0.2, 0.25) is 0 Å². The fourth-order valence-electron chi connectivity index (χ4n) is 2.42. The average molecular weight is 320 g/mol. The number of hydrogen-bond donors (Lipinski definition) is 0. The summed E-state index contributed by atoms with van der Waals surface area (Å²) in [5.41, 5.74) is 0. The van der Waals surface area contributed by atoms with Gasteiger partial charge in [-0.2, -0.15) is 0 Å². The van der Waals surface area contributed by atoms with Crippen molar-refractivity contribution in [3.63, 3.8) is 0 Å². The van der Waals surface area contributed by atoms with Crippen LogP contribution in [0.25, 0.3) is 20.2 Å². The van der Waals surface area contributed by atoms with E-state index in [0.717, 1.165) is 19.2 Å². The van der Waals surface area contributed by atoms with Gasteiger partial charge in [-0.3, -0.25) is 4.79 Å². The van der Waals surface area contributed by atoms with Crippen LogP contribution in [0, 0.1) is 0 Å². The summed E-state index contributed by atoms with van der Waals surface area (Å²) in [7, 11) is 0. The fourth-order valence-corrected chi connectivity index (χ4v) is 4.44. The molecule has 0 amide bonds. The van der Waals surface area contributed by atoms with Crippen molar-refractivity contribution in [3.8, 4) is 0 Å². The Morgan fingerprint density at radius 3 is 1.55 bits per heavy atom. The molecule has 0 unspecified atom stereocenters. The quantitative estimate of drug-likeness (QED) is 0.331. The molecule has 2 aromatic carbocycles. The maximum absolute atomic E-state index is 12.8. The Morgan fingerprint density at radius 2 is 1.05 bits per heavy atom. The highest BCUT2D eigenvalue weighted by Gasteiger charge is 2.28. The first-order chi connectivity index (χ1) is 10.8. The standard InChI is InChI=1S/C19H12OS2/c20-19(17-11-9-13-5-1-3-7-15(13)21-17)18-12-10-14-6-2-4-8-16(14)22-18/h1-12H/q+2. The third-order valence-electron chi connectivity index (χ3n) is 3.55. The first-order valence-corrected chi connectivity index (χ1v) is 8.63. The molecule has 0 spiro atoms. The number of carbonyl (C=O) groups excluding carboxylic acids is 1. The van der Waals surface area contributed by atoms with E-state index in [4.69, 9.17) is 0 Å². The minimum absolute atomic E-state index is 0.103. The van der Waals surface area contributed by atoms with E-state index in [2.05, 4.69) is 24.3 Å². The summed E-state index contributed by atoms with van der Waals surface area (Å²) in [4.78, 5) is 14.3. The molecule has 3 heteroatoms. The lowest BCUT2D eigenvalue weighted by Crippen LogP contribution is -1.97. The van der Waals surface area contributed by atoms with Crippen LogP contribution in [0.1, 0.15) is 14.5 Å². The Kier molecular flexibility index (Phi) is 3.37. The zero-order valence-electron chi connectivity index (χ0n) is 11.7. The number of fused-ring (bicyclic) bond motifs is 2. The molecule has 0 aliphatic heterocycles. The summed E-state index contributed by atoms with van der Waals surface area (Å²) >= 11 is 3.10. The van der Waals surface area contributed by atoms with E-state index in [1.807, 2.05) is 48.5 Å². The van der Waals surface area contributed by atoms with Crippen LogP contribution in [-0.2, 0) is 0 Å². The zero-order chi connectivity index (χ0) is 14.9. The molecule has 1 nitrogen and oxygen atoms in total. The van der Waals surface area contributed by atoms with Gasteiger partial charge in [0.25, 0.3) is 9.75 Å². The maximum Gasteiger partial charge on any atom is 0.307 e. The zero-order valence-corrected chi connectivity index (χ0v) is 13.3. The van der Waals surface area contributed by atoms with Crippen LogP contribution in [0.5, 0.6) is 0 Å². The SMILES string of the molecule is O=C(c1ccc2ccccc2[s+]1)c1ccc2ccccc2[s+]1. The lowest BCUT2D eigenvalue weighted by Gasteiger charge is -1.91. The highest BCUT2D eigenvalue weighted by atomic mass is 32.1. The minimum Gasteiger partial charge on any atom is -0.277 e. The van der Waals surface area contributed by atoms with Gasteiger partial charge in [-0.1, -0.05) is 24.3 Å². The Labute approximate surface area is 136 Å². The second-order valence-corrected chi connectivity index (χ2v) is 7.17. The predicted molar refractivity (Wildman–Crippen MR) is 95.9 cm³/mol. The third kappa shape index (κ3) is 2.39. The highest BCUT2D eigenvalue weighted by Crippen LogP contribution is 2.27. The molecule has 2 heterocycles. The summed E-state index contributed by atoms with van der Waals surface area (Å²) in [5.74, 6) is 0.103. The third-order valence-corrected chi connectivity index (χ3v) is 5.82. The smallest absolute Gasteiger partial charge is 0.277 e. The highest BCUT2D eigenvalue weighted by molar-refractivity contribution is 7.23. The van der Waals surface area contributed by atoms with Crippen molar-refractivity contribution in [3.05, 3.63) is 82.6 Å². The molecule has 0 N–H and O–H groups in total. The molecule has 0 saturated carbocycles. The predicted octanol–water partition coefficient (Wildman–Crippen LogP) is 5.91. The molecule has 0 aliphatic rings. The Morgan fingerprint density at radius 1 is 0.591 bits per heavy atom. The van der Waals surface area contributed by atoms with E-state index in [1.54, 1.807) is 22.7 Å².